The molecule has 6 heteroatoms. The highest BCUT2D eigenvalue weighted by atomic mass is 32.2. The second-order valence-corrected chi connectivity index (χ2v) is 6.19. The van der Waals surface area contributed by atoms with E-state index in [1.807, 2.05) is 13.8 Å². The van der Waals surface area contributed by atoms with Gasteiger partial charge in [0.1, 0.15) is 17.2 Å². The number of aromatic nitrogens is 2. The summed E-state index contributed by atoms with van der Waals surface area (Å²) in [6.07, 6.45) is 4.30. The molecule has 1 aliphatic carbocycles. The summed E-state index contributed by atoms with van der Waals surface area (Å²) in [6, 6.07) is 0. The van der Waals surface area contributed by atoms with Crippen LogP contribution in [-0.2, 0) is 9.53 Å². The standard InChI is InChI=1S/C14H21N3O2S/c1-4-15-12-10(2)13(17-9-16-12)20-8-14(5-6-14)7-11(18)19-3/h9H,4-8H2,1-3H3,(H,15,16,17). The largest absolute Gasteiger partial charge is 0.469 e. The molecule has 0 amide bonds. The van der Waals surface area contributed by atoms with Crippen LogP contribution in [0.4, 0.5) is 5.82 Å². The summed E-state index contributed by atoms with van der Waals surface area (Å²) in [5.74, 6) is 1.68. The maximum atomic E-state index is 11.4. The minimum atomic E-state index is -0.115. The molecular weight excluding hydrogens is 274 g/mol. The Hall–Kier alpha value is -1.30. The summed E-state index contributed by atoms with van der Waals surface area (Å²) >= 11 is 1.71. The lowest BCUT2D eigenvalue weighted by Crippen LogP contribution is -2.13. The van der Waals surface area contributed by atoms with Gasteiger partial charge in [-0.25, -0.2) is 9.97 Å². The summed E-state index contributed by atoms with van der Waals surface area (Å²) in [6.45, 7) is 4.92. The Bertz CT molecular complexity index is 489. The van der Waals surface area contributed by atoms with Crippen LogP contribution in [0.15, 0.2) is 11.4 Å². The van der Waals surface area contributed by atoms with Crippen LogP contribution in [0, 0.1) is 12.3 Å². The molecule has 1 heterocycles. The van der Waals surface area contributed by atoms with Crippen molar-refractivity contribution in [3.8, 4) is 0 Å². The number of nitrogens with zero attached hydrogens (tertiary/aromatic N) is 2. The molecule has 0 spiro atoms. The van der Waals surface area contributed by atoms with Gasteiger partial charge in [-0.2, -0.15) is 0 Å². The number of thioether (sulfide) groups is 1. The van der Waals surface area contributed by atoms with Crippen molar-refractivity contribution >= 4 is 23.5 Å². The van der Waals surface area contributed by atoms with Crippen LogP contribution >= 0.6 is 11.8 Å². The zero-order valence-corrected chi connectivity index (χ0v) is 13.0. The van der Waals surface area contributed by atoms with Crippen molar-refractivity contribution in [1.29, 1.82) is 0 Å². The van der Waals surface area contributed by atoms with Crippen molar-refractivity contribution in [2.24, 2.45) is 5.41 Å². The van der Waals surface area contributed by atoms with E-state index in [0.717, 1.165) is 41.5 Å². The molecule has 110 valence electrons. The first-order valence-electron chi connectivity index (χ1n) is 6.85. The molecule has 1 fully saturated rings. The van der Waals surface area contributed by atoms with Crippen LogP contribution in [0.5, 0.6) is 0 Å². The number of rotatable bonds is 7. The van der Waals surface area contributed by atoms with Crippen molar-refractivity contribution in [2.45, 2.75) is 38.1 Å². The molecule has 20 heavy (non-hydrogen) atoms. The minimum Gasteiger partial charge on any atom is -0.469 e. The van der Waals surface area contributed by atoms with Gasteiger partial charge < -0.3 is 10.1 Å². The predicted octanol–water partition coefficient (Wildman–Crippen LogP) is 2.65. The molecule has 0 atom stereocenters. The lowest BCUT2D eigenvalue weighted by atomic mass is 10.1. The highest BCUT2D eigenvalue weighted by Crippen LogP contribution is 2.52. The van der Waals surface area contributed by atoms with Crippen LogP contribution in [0.2, 0.25) is 0 Å². The molecule has 1 aliphatic rings. The molecule has 0 radical (unpaired) electrons. The van der Waals surface area contributed by atoms with Crippen molar-refractivity contribution in [3.05, 3.63) is 11.9 Å². The van der Waals surface area contributed by atoms with Crippen molar-refractivity contribution in [3.63, 3.8) is 0 Å². The fourth-order valence-electron chi connectivity index (χ4n) is 2.07. The lowest BCUT2D eigenvalue weighted by molar-refractivity contribution is -0.141. The third-order valence-corrected chi connectivity index (χ3v) is 5.04. The summed E-state index contributed by atoms with van der Waals surface area (Å²) in [7, 11) is 1.45. The van der Waals surface area contributed by atoms with E-state index in [2.05, 4.69) is 15.3 Å². The maximum Gasteiger partial charge on any atom is 0.306 e. The zero-order valence-electron chi connectivity index (χ0n) is 12.2. The van der Waals surface area contributed by atoms with Gasteiger partial charge in [0, 0.05) is 17.9 Å². The third-order valence-electron chi connectivity index (χ3n) is 3.60. The summed E-state index contributed by atoms with van der Waals surface area (Å²) in [5.41, 5.74) is 1.20. The van der Waals surface area contributed by atoms with Crippen LogP contribution in [0.1, 0.15) is 31.7 Å². The molecule has 0 aliphatic heterocycles. The van der Waals surface area contributed by atoms with E-state index < -0.39 is 0 Å². The number of nitrogens with one attached hydrogen (secondary N) is 1. The molecule has 1 aromatic heterocycles. The number of carbonyl (C=O) groups excluding carboxylic acids is 1. The Kier molecular flexibility index (Phi) is 4.86. The number of carbonyl (C=O) groups is 1. The van der Waals surface area contributed by atoms with Gasteiger partial charge >= 0.3 is 5.97 Å². The molecule has 1 aromatic rings. The van der Waals surface area contributed by atoms with Crippen molar-refractivity contribution < 1.29 is 9.53 Å². The first-order valence-corrected chi connectivity index (χ1v) is 7.84. The van der Waals surface area contributed by atoms with Gasteiger partial charge in [-0.15, -0.1) is 11.8 Å². The molecule has 5 nitrogen and oxygen atoms in total. The Morgan fingerprint density at radius 2 is 2.25 bits per heavy atom. The second kappa shape index (κ2) is 6.43. The molecule has 0 saturated heterocycles. The first kappa shape index (κ1) is 15.1. The van der Waals surface area contributed by atoms with E-state index >= 15 is 0 Å². The van der Waals surface area contributed by atoms with Gasteiger partial charge in [0.2, 0.25) is 0 Å². The Balaban J connectivity index is 1.97. The van der Waals surface area contributed by atoms with E-state index in [0.29, 0.717) is 6.42 Å². The predicted molar refractivity (Wildman–Crippen MR) is 80.0 cm³/mol. The second-order valence-electron chi connectivity index (χ2n) is 5.22. The molecular formula is C14H21N3O2S. The van der Waals surface area contributed by atoms with Gasteiger partial charge in [0.25, 0.3) is 0 Å². The Morgan fingerprint density at radius 1 is 1.50 bits per heavy atom. The van der Waals surface area contributed by atoms with E-state index in [1.54, 1.807) is 18.1 Å². The molecule has 0 aromatic carbocycles. The van der Waals surface area contributed by atoms with Crippen LogP contribution in [0.3, 0.4) is 0 Å². The maximum absolute atomic E-state index is 11.4. The number of anilines is 1. The van der Waals surface area contributed by atoms with E-state index in [1.165, 1.54) is 7.11 Å². The molecule has 1 saturated carbocycles. The lowest BCUT2D eigenvalue weighted by Gasteiger charge is -2.14. The fraction of sp³-hybridized carbons (Fsp3) is 0.643. The van der Waals surface area contributed by atoms with Gasteiger partial charge in [-0.3, -0.25) is 4.79 Å². The monoisotopic (exact) mass is 295 g/mol. The van der Waals surface area contributed by atoms with Gasteiger partial charge in [0.15, 0.2) is 0 Å². The number of esters is 1. The molecule has 0 unspecified atom stereocenters. The normalized spacial score (nSPS) is 15.8. The number of hydrogen-bond acceptors (Lipinski definition) is 6. The van der Waals surface area contributed by atoms with Crippen molar-refractivity contribution in [2.75, 3.05) is 24.7 Å². The number of methoxy groups -OCH3 is 1. The average Bonchev–Trinajstić information content (AvgIpc) is 3.20. The smallest absolute Gasteiger partial charge is 0.306 e. The zero-order chi connectivity index (χ0) is 14.6. The SMILES string of the molecule is CCNc1ncnc(SCC2(CC(=O)OC)CC2)c1C. The van der Waals surface area contributed by atoms with E-state index in [9.17, 15) is 4.79 Å². The van der Waals surface area contributed by atoms with Crippen LogP contribution in [-0.4, -0.2) is 35.3 Å². The van der Waals surface area contributed by atoms with E-state index in [-0.39, 0.29) is 11.4 Å². The molecule has 1 N–H and O–H groups in total. The van der Waals surface area contributed by atoms with Gasteiger partial charge in [-0.1, -0.05) is 0 Å². The average molecular weight is 295 g/mol. The van der Waals surface area contributed by atoms with Gasteiger partial charge in [-0.05, 0) is 32.1 Å². The minimum absolute atomic E-state index is 0.115. The topological polar surface area (TPSA) is 64.1 Å². The quantitative estimate of drug-likeness (QED) is 0.474. The number of hydrogen-bond donors (Lipinski definition) is 1. The number of ether oxygens (including phenoxy) is 1. The van der Waals surface area contributed by atoms with Gasteiger partial charge in [0.05, 0.1) is 13.5 Å². The van der Waals surface area contributed by atoms with Crippen LogP contribution in [0.25, 0.3) is 0 Å². The highest BCUT2D eigenvalue weighted by molar-refractivity contribution is 7.99. The van der Waals surface area contributed by atoms with Crippen LogP contribution < -0.4 is 5.32 Å². The summed E-state index contributed by atoms with van der Waals surface area (Å²) < 4.78 is 4.77. The van der Waals surface area contributed by atoms with E-state index in [4.69, 9.17) is 4.74 Å². The highest BCUT2D eigenvalue weighted by Gasteiger charge is 2.44. The fourth-order valence-corrected chi connectivity index (χ4v) is 3.34. The third kappa shape index (κ3) is 3.62. The summed E-state index contributed by atoms with van der Waals surface area (Å²) in [5, 5.41) is 4.22. The first-order chi connectivity index (χ1) is 9.60. The summed E-state index contributed by atoms with van der Waals surface area (Å²) in [4.78, 5) is 20.0. The Labute approximate surface area is 123 Å². The Morgan fingerprint density at radius 3 is 2.85 bits per heavy atom. The molecule has 0 bridgehead atoms. The van der Waals surface area contributed by atoms with Crippen molar-refractivity contribution in [1.82, 2.24) is 9.97 Å². The molecule has 2 rings (SSSR count).